The number of ether oxygens (including phenoxy) is 2. The third kappa shape index (κ3) is 2.81. The number of nitrogens with zero attached hydrogens (tertiary/aromatic N) is 2. The Morgan fingerprint density at radius 1 is 1.42 bits per heavy atom. The minimum Gasteiger partial charge on any atom is -0.374 e. The first-order valence-corrected chi connectivity index (χ1v) is 7.24. The summed E-state index contributed by atoms with van der Waals surface area (Å²) >= 11 is 0. The summed E-state index contributed by atoms with van der Waals surface area (Å²) in [5.74, 6) is 0. The van der Waals surface area contributed by atoms with Crippen LogP contribution < -0.4 is 0 Å². The molecule has 1 aromatic heterocycles. The first kappa shape index (κ1) is 13.0. The summed E-state index contributed by atoms with van der Waals surface area (Å²) < 4.78 is 11.8. The van der Waals surface area contributed by atoms with Crippen LogP contribution in [0, 0.1) is 0 Å². The van der Waals surface area contributed by atoms with Gasteiger partial charge in [0.25, 0.3) is 0 Å². The molecule has 0 spiro atoms. The molecule has 4 nitrogen and oxygen atoms in total. The maximum Gasteiger partial charge on any atom is 0.100 e. The Bertz CT molecular complexity index is 398. The van der Waals surface area contributed by atoms with E-state index in [9.17, 15) is 0 Å². The summed E-state index contributed by atoms with van der Waals surface area (Å²) in [5, 5.41) is 0. The summed E-state index contributed by atoms with van der Waals surface area (Å²) in [6.07, 6.45) is 6.60. The van der Waals surface area contributed by atoms with Crippen molar-refractivity contribution in [3.63, 3.8) is 0 Å². The fourth-order valence-electron chi connectivity index (χ4n) is 3.27. The van der Waals surface area contributed by atoms with Gasteiger partial charge in [0, 0.05) is 44.7 Å². The molecule has 0 aromatic carbocycles. The topological polar surface area (TPSA) is 34.6 Å². The predicted octanol–water partition coefficient (Wildman–Crippen LogP) is 1.85. The lowest BCUT2D eigenvalue weighted by Gasteiger charge is -2.32. The van der Waals surface area contributed by atoms with Crippen molar-refractivity contribution in [2.75, 3.05) is 19.8 Å². The third-order valence-electron chi connectivity index (χ3n) is 4.10. The van der Waals surface area contributed by atoms with Crippen LogP contribution in [0.15, 0.2) is 24.5 Å². The van der Waals surface area contributed by atoms with Gasteiger partial charge in [0.05, 0.1) is 6.10 Å². The summed E-state index contributed by atoms with van der Waals surface area (Å²) in [6, 6.07) is 4.69. The molecule has 2 aliphatic heterocycles. The molecule has 1 aromatic rings. The maximum atomic E-state index is 5.96. The van der Waals surface area contributed by atoms with Crippen molar-refractivity contribution in [1.29, 1.82) is 0 Å². The molecule has 0 unspecified atom stereocenters. The molecule has 2 aliphatic rings. The molecule has 3 rings (SSSR count). The van der Waals surface area contributed by atoms with Crippen molar-refractivity contribution >= 4 is 0 Å². The normalized spacial score (nSPS) is 31.3. The number of hydrogen-bond donors (Lipinski definition) is 0. The SMILES string of the molecule is CCO[C@H]1CN(Cc2ccncc2)[C@@H]2CCCO[C@H]12. The Hall–Kier alpha value is -0.970. The number of likely N-dealkylation sites (tertiary alicyclic amines) is 1. The van der Waals surface area contributed by atoms with Gasteiger partial charge < -0.3 is 9.47 Å². The van der Waals surface area contributed by atoms with E-state index in [0.717, 1.165) is 32.7 Å². The van der Waals surface area contributed by atoms with Crippen molar-refractivity contribution in [3.8, 4) is 0 Å². The maximum absolute atomic E-state index is 5.96. The van der Waals surface area contributed by atoms with E-state index in [2.05, 4.69) is 28.9 Å². The van der Waals surface area contributed by atoms with Crippen LogP contribution in [0.25, 0.3) is 0 Å². The average molecular weight is 262 g/mol. The number of aromatic nitrogens is 1. The number of pyridine rings is 1. The van der Waals surface area contributed by atoms with Crippen LogP contribution in [0.1, 0.15) is 25.3 Å². The molecule has 104 valence electrons. The van der Waals surface area contributed by atoms with Gasteiger partial charge >= 0.3 is 0 Å². The first-order valence-electron chi connectivity index (χ1n) is 7.24. The van der Waals surface area contributed by atoms with Gasteiger partial charge in [-0.05, 0) is 37.5 Å². The van der Waals surface area contributed by atoms with E-state index in [1.54, 1.807) is 0 Å². The third-order valence-corrected chi connectivity index (χ3v) is 4.10. The molecule has 0 N–H and O–H groups in total. The Labute approximate surface area is 114 Å². The average Bonchev–Trinajstić information content (AvgIpc) is 2.79. The lowest BCUT2D eigenvalue weighted by molar-refractivity contribution is -0.0749. The van der Waals surface area contributed by atoms with Crippen LogP contribution in [0.3, 0.4) is 0 Å². The van der Waals surface area contributed by atoms with Crippen LogP contribution in [-0.4, -0.2) is 47.9 Å². The molecular weight excluding hydrogens is 240 g/mol. The van der Waals surface area contributed by atoms with Crippen LogP contribution >= 0.6 is 0 Å². The summed E-state index contributed by atoms with van der Waals surface area (Å²) in [6.45, 7) is 5.65. The van der Waals surface area contributed by atoms with E-state index in [4.69, 9.17) is 9.47 Å². The molecule has 0 saturated carbocycles. The molecule has 2 fully saturated rings. The fourth-order valence-corrected chi connectivity index (χ4v) is 3.27. The highest BCUT2D eigenvalue weighted by Crippen LogP contribution is 2.31. The molecular formula is C15H22N2O2. The van der Waals surface area contributed by atoms with E-state index >= 15 is 0 Å². The highest BCUT2D eigenvalue weighted by molar-refractivity contribution is 5.11. The van der Waals surface area contributed by atoms with Gasteiger partial charge in [0.2, 0.25) is 0 Å². The molecule has 2 saturated heterocycles. The number of rotatable bonds is 4. The largest absolute Gasteiger partial charge is 0.374 e. The Morgan fingerprint density at radius 2 is 2.26 bits per heavy atom. The predicted molar refractivity (Wildman–Crippen MR) is 72.8 cm³/mol. The van der Waals surface area contributed by atoms with Crippen molar-refractivity contribution in [2.24, 2.45) is 0 Å². The van der Waals surface area contributed by atoms with Crippen molar-refractivity contribution < 1.29 is 9.47 Å². The second-order valence-electron chi connectivity index (χ2n) is 5.32. The molecule has 0 aliphatic carbocycles. The second kappa shape index (κ2) is 5.99. The molecule has 3 atom stereocenters. The van der Waals surface area contributed by atoms with E-state index in [0.29, 0.717) is 6.04 Å². The Balaban J connectivity index is 1.70. The fraction of sp³-hybridized carbons (Fsp3) is 0.667. The highest BCUT2D eigenvalue weighted by Gasteiger charge is 2.44. The zero-order valence-electron chi connectivity index (χ0n) is 11.5. The Morgan fingerprint density at radius 3 is 3.05 bits per heavy atom. The molecule has 0 amide bonds. The summed E-state index contributed by atoms with van der Waals surface area (Å²) in [5.41, 5.74) is 1.32. The zero-order valence-corrected chi connectivity index (χ0v) is 11.5. The number of hydrogen-bond acceptors (Lipinski definition) is 4. The van der Waals surface area contributed by atoms with Gasteiger partial charge in [0.15, 0.2) is 0 Å². The van der Waals surface area contributed by atoms with Crippen LogP contribution in [0.2, 0.25) is 0 Å². The van der Waals surface area contributed by atoms with Gasteiger partial charge in [-0.3, -0.25) is 9.88 Å². The van der Waals surface area contributed by atoms with Crippen LogP contribution in [0.4, 0.5) is 0 Å². The van der Waals surface area contributed by atoms with E-state index in [1.807, 2.05) is 12.4 Å². The highest BCUT2D eigenvalue weighted by atomic mass is 16.5. The molecule has 19 heavy (non-hydrogen) atoms. The minimum atomic E-state index is 0.233. The first-order chi connectivity index (χ1) is 9.38. The minimum absolute atomic E-state index is 0.233. The number of fused-ring (bicyclic) bond motifs is 1. The van der Waals surface area contributed by atoms with Crippen molar-refractivity contribution in [3.05, 3.63) is 30.1 Å². The van der Waals surface area contributed by atoms with Gasteiger partial charge in [-0.15, -0.1) is 0 Å². The monoisotopic (exact) mass is 262 g/mol. The standard InChI is InChI=1S/C15H22N2O2/c1-2-18-14-11-17(10-12-5-7-16-8-6-12)13-4-3-9-19-15(13)14/h5-8,13-15H,2-4,9-11H2,1H3/t13-,14+,15+/m1/s1. The lowest BCUT2D eigenvalue weighted by Crippen LogP contribution is -2.41. The zero-order chi connectivity index (χ0) is 13.1. The Kier molecular flexibility index (Phi) is 4.11. The molecule has 0 radical (unpaired) electrons. The smallest absolute Gasteiger partial charge is 0.100 e. The van der Waals surface area contributed by atoms with Gasteiger partial charge in [0.1, 0.15) is 6.10 Å². The molecule has 4 heteroatoms. The van der Waals surface area contributed by atoms with Gasteiger partial charge in [-0.25, -0.2) is 0 Å². The molecule has 0 bridgehead atoms. The van der Waals surface area contributed by atoms with Gasteiger partial charge in [-0.2, -0.15) is 0 Å². The molecule has 3 heterocycles. The van der Waals surface area contributed by atoms with E-state index in [-0.39, 0.29) is 12.2 Å². The van der Waals surface area contributed by atoms with Crippen molar-refractivity contribution in [2.45, 2.75) is 44.6 Å². The van der Waals surface area contributed by atoms with Gasteiger partial charge in [-0.1, -0.05) is 0 Å². The summed E-state index contributed by atoms with van der Waals surface area (Å²) in [7, 11) is 0. The summed E-state index contributed by atoms with van der Waals surface area (Å²) in [4.78, 5) is 6.59. The van der Waals surface area contributed by atoms with E-state index in [1.165, 1.54) is 12.0 Å². The van der Waals surface area contributed by atoms with Crippen LogP contribution in [-0.2, 0) is 16.0 Å². The lowest BCUT2D eigenvalue weighted by atomic mass is 10.0. The second-order valence-corrected chi connectivity index (χ2v) is 5.32. The quantitative estimate of drug-likeness (QED) is 0.829. The van der Waals surface area contributed by atoms with Crippen molar-refractivity contribution in [1.82, 2.24) is 9.88 Å². The van der Waals surface area contributed by atoms with Crippen LogP contribution in [0.5, 0.6) is 0 Å². The van der Waals surface area contributed by atoms with E-state index < -0.39 is 0 Å².